The molecule has 216 valence electrons. The third-order valence-corrected chi connectivity index (χ3v) is 10.7. The van der Waals surface area contributed by atoms with Crippen LogP contribution in [0.15, 0.2) is 40.2 Å². The van der Waals surface area contributed by atoms with Gasteiger partial charge in [0.25, 0.3) is 5.56 Å². The Hall–Kier alpha value is -3.89. The molecule has 2 N–H and O–H groups in total. The molecule has 1 saturated heterocycles. The number of fused-ring (bicyclic) bond motifs is 2. The number of nitrogens with zero attached hydrogens (tertiary/aromatic N) is 5. The first-order valence-corrected chi connectivity index (χ1v) is 15.4. The van der Waals surface area contributed by atoms with Crippen molar-refractivity contribution in [1.29, 1.82) is 5.26 Å². The van der Waals surface area contributed by atoms with Crippen LogP contribution in [-0.2, 0) is 26.8 Å². The Kier molecular flexibility index (Phi) is 6.99. The molecule has 13 heteroatoms. The van der Waals surface area contributed by atoms with Crippen molar-refractivity contribution in [2.75, 3.05) is 32.1 Å². The normalized spacial score (nSPS) is 20.1. The summed E-state index contributed by atoms with van der Waals surface area (Å²) in [6.07, 6.45) is 6.64. The zero-order valence-corrected chi connectivity index (χ0v) is 23.7. The van der Waals surface area contributed by atoms with E-state index < -0.39 is 21.7 Å². The van der Waals surface area contributed by atoms with E-state index in [2.05, 4.69) is 16.4 Å². The summed E-state index contributed by atoms with van der Waals surface area (Å²) in [7, 11) is -2.20. The smallest absolute Gasteiger partial charge is 0.409 e. The largest absolute Gasteiger partial charge is 0.453 e. The molecule has 1 aromatic carbocycles. The first kappa shape index (κ1) is 27.3. The fourth-order valence-electron chi connectivity index (χ4n) is 6.60. The molecule has 0 unspecified atom stereocenters. The second-order valence-electron chi connectivity index (χ2n) is 11.2. The van der Waals surface area contributed by atoms with E-state index in [1.54, 1.807) is 38.3 Å². The molecule has 3 aliphatic rings. The fourth-order valence-corrected chi connectivity index (χ4v) is 8.29. The van der Waals surface area contributed by atoms with Crippen LogP contribution < -0.4 is 10.9 Å². The van der Waals surface area contributed by atoms with E-state index in [4.69, 9.17) is 9.84 Å². The predicted molar refractivity (Wildman–Crippen MR) is 151 cm³/mol. The molecule has 0 radical (unpaired) electrons. The van der Waals surface area contributed by atoms with Gasteiger partial charge in [-0.05, 0) is 61.4 Å². The highest BCUT2D eigenvalue weighted by molar-refractivity contribution is 7.89. The van der Waals surface area contributed by atoms with E-state index in [1.807, 2.05) is 6.07 Å². The van der Waals surface area contributed by atoms with Gasteiger partial charge in [0.2, 0.25) is 10.0 Å². The molecule has 1 aliphatic carbocycles. The Balaban J connectivity index is 1.33. The Labute approximate surface area is 237 Å². The third kappa shape index (κ3) is 4.74. The predicted octanol–water partition coefficient (Wildman–Crippen LogP) is 3.63. The highest BCUT2D eigenvalue weighted by Crippen LogP contribution is 2.39. The van der Waals surface area contributed by atoms with Crippen LogP contribution in [-0.4, -0.2) is 65.2 Å². The van der Waals surface area contributed by atoms with Gasteiger partial charge in [-0.2, -0.15) is 14.7 Å². The molecule has 6 rings (SSSR count). The van der Waals surface area contributed by atoms with Gasteiger partial charge >= 0.3 is 6.09 Å². The molecule has 2 aliphatic heterocycles. The van der Waals surface area contributed by atoms with Crippen molar-refractivity contribution in [2.45, 2.75) is 61.9 Å². The fraction of sp³-hybridized carbons (Fsp3) is 0.500. The van der Waals surface area contributed by atoms with Crippen molar-refractivity contribution in [2.24, 2.45) is 5.92 Å². The van der Waals surface area contributed by atoms with E-state index in [-0.39, 0.29) is 12.0 Å². The first-order valence-electron chi connectivity index (χ1n) is 14.0. The van der Waals surface area contributed by atoms with Crippen molar-refractivity contribution >= 4 is 38.5 Å². The standard InChI is InChI=1S/C28H33N7O5S/c1-40-27(37)33-14-10-28(9-12-29,11-15-33)35-22-8-13-30-26(36)24(22)25(32-35)31-21-6-7-23-20(16-21)18-34(41(23,38)39)17-19-4-2-3-5-19/h6-8,13,16,19H,2-5,9-11,14-15,17-18H2,1H3,(H,30,36)(H,31,32). The lowest BCUT2D eigenvalue weighted by molar-refractivity contribution is 0.0794. The maximum absolute atomic E-state index is 13.2. The Morgan fingerprint density at radius 2 is 2.00 bits per heavy atom. The van der Waals surface area contributed by atoms with Crippen molar-refractivity contribution in [3.05, 3.63) is 46.4 Å². The van der Waals surface area contributed by atoms with Gasteiger partial charge in [0, 0.05) is 38.1 Å². The zero-order valence-electron chi connectivity index (χ0n) is 22.9. The van der Waals surface area contributed by atoms with E-state index in [9.17, 15) is 23.3 Å². The van der Waals surface area contributed by atoms with Gasteiger partial charge in [-0.15, -0.1) is 0 Å². The second-order valence-corrected chi connectivity index (χ2v) is 13.1. The summed E-state index contributed by atoms with van der Waals surface area (Å²) in [6, 6.07) is 9.15. The molecule has 12 nitrogen and oxygen atoms in total. The lowest BCUT2D eigenvalue weighted by Crippen LogP contribution is -2.48. The quantitative estimate of drug-likeness (QED) is 0.449. The average molecular weight is 580 g/mol. The summed E-state index contributed by atoms with van der Waals surface area (Å²) in [4.78, 5) is 29.8. The Morgan fingerprint density at radius 3 is 2.71 bits per heavy atom. The number of ether oxygens (including phenoxy) is 1. The lowest BCUT2D eigenvalue weighted by Gasteiger charge is -2.40. The number of anilines is 2. The van der Waals surface area contributed by atoms with E-state index in [0.29, 0.717) is 77.8 Å². The molecule has 0 spiro atoms. The van der Waals surface area contributed by atoms with E-state index >= 15 is 0 Å². The minimum absolute atomic E-state index is 0.151. The minimum atomic E-state index is -3.54. The number of pyridine rings is 1. The number of piperidine rings is 1. The summed E-state index contributed by atoms with van der Waals surface area (Å²) in [5.41, 5.74) is 0.845. The Morgan fingerprint density at radius 1 is 1.24 bits per heavy atom. The topological polar surface area (TPSA) is 153 Å². The molecule has 1 saturated carbocycles. The monoisotopic (exact) mass is 579 g/mol. The minimum Gasteiger partial charge on any atom is -0.453 e. The molecule has 2 fully saturated rings. The summed E-state index contributed by atoms with van der Waals surface area (Å²) < 4.78 is 34.6. The molecule has 1 amide bonds. The van der Waals surface area contributed by atoms with Gasteiger partial charge in [-0.25, -0.2) is 13.2 Å². The van der Waals surface area contributed by atoms with Gasteiger partial charge in [0.15, 0.2) is 5.82 Å². The van der Waals surface area contributed by atoms with Crippen molar-refractivity contribution in [1.82, 2.24) is 24.0 Å². The zero-order chi connectivity index (χ0) is 28.8. The number of aromatic amines is 1. The number of carbonyl (C=O) groups is 1. The van der Waals surface area contributed by atoms with E-state index in [0.717, 1.165) is 25.7 Å². The number of hydrogen-bond donors (Lipinski definition) is 2. The Bertz CT molecular complexity index is 1690. The molecule has 2 aromatic heterocycles. The van der Waals surface area contributed by atoms with Gasteiger partial charge in [0.05, 0.1) is 35.6 Å². The molecule has 41 heavy (non-hydrogen) atoms. The molecular weight excluding hydrogens is 546 g/mol. The number of H-pyrrole nitrogens is 1. The van der Waals surface area contributed by atoms with Crippen LogP contribution in [0.5, 0.6) is 0 Å². The number of nitrogens with one attached hydrogen (secondary N) is 2. The average Bonchev–Trinajstić information content (AvgIpc) is 3.67. The first-order chi connectivity index (χ1) is 19.8. The lowest BCUT2D eigenvalue weighted by atomic mass is 9.85. The number of rotatable bonds is 6. The summed E-state index contributed by atoms with van der Waals surface area (Å²) in [6.45, 7) is 1.64. The number of aromatic nitrogens is 3. The number of amides is 1. The molecule has 0 bridgehead atoms. The summed E-state index contributed by atoms with van der Waals surface area (Å²) in [5, 5.41) is 18.2. The van der Waals surface area contributed by atoms with Crippen molar-refractivity contribution in [3.63, 3.8) is 0 Å². The number of sulfonamides is 1. The van der Waals surface area contributed by atoms with E-state index in [1.165, 1.54) is 7.11 Å². The van der Waals surface area contributed by atoms with Gasteiger partial charge < -0.3 is 19.9 Å². The maximum Gasteiger partial charge on any atom is 0.409 e. The van der Waals surface area contributed by atoms with Crippen molar-refractivity contribution < 1.29 is 17.9 Å². The van der Waals surface area contributed by atoms with Crippen LogP contribution in [0, 0.1) is 17.2 Å². The highest BCUT2D eigenvalue weighted by atomic mass is 32.2. The molecule has 3 aromatic rings. The molecule has 0 atom stereocenters. The SMILES string of the molecule is COC(=O)N1CCC(CC#N)(n2nc(Nc3ccc4c(c3)CN(CC3CCCC3)S4(=O)=O)c3c(=O)[nH]ccc32)CC1. The van der Waals surface area contributed by atoms with Crippen LogP contribution in [0.3, 0.4) is 0 Å². The van der Waals surface area contributed by atoms with Crippen LogP contribution in [0.4, 0.5) is 16.3 Å². The summed E-state index contributed by atoms with van der Waals surface area (Å²) in [5.74, 6) is 0.720. The number of methoxy groups -OCH3 is 1. The van der Waals surface area contributed by atoms with Crippen LogP contribution in [0.1, 0.15) is 50.5 Å². The molecule has 4 heterocycles. The number of carbonyl (C=O) groups excluding carboxylic acids is 1. The molecular formula is C28H33N7O5S. The number of benzene rings is 1. The number of nitriles is 1. The van der Waals surface area contributed by atoms with Crippen molar-refractivity contribution in [3.8, 4) is 6.07 Å². The summed E-state index contributed by atoms with van der Waals surface area (Å²) >= 11 is 0. The number of likely N-dealkylation sites (tertiary alicyclic amines) is 1. The van der Waals surface area contributed by atoms with Gasteiger partial charge in [-0.3, -0.25) is 9.48 Å². The van der Waals surface area contributed by atoms with Crippen LogP contribution >= 0.6 is 0 Å². The highest BCUT2D eigenvalue weighted by Gasteiger charge is 2.41. The number of hydrogen-bond acceptors (Lipinski definition) is 8. The van der Waals surface area contributed by atoms with Gasteiger partial charge in [-0.1, -0.05) is 12.8 Å². The second kappa shape index (κ2) is 10.5. The van der Waals surface area contributed by atoms with Crippen LogP contribution in [0.25, 0.3) is 10.9 Å². The third-order valence-electron chi connectivity index (χ3n) is 8.81. The van der Waals surface area contributed by atoms with Crippen LogP contribution in [0.2, 0.25) is 0 Å². The van der Waals surface area contributed by atoms with Gasteiger partial charge in [0.1, 0.15) is 5.39 Å². The maximum atomic E-state index is 13.2.